The van der Waals surface area contributed by atoms with Gasteiger partial charge in [-0.15, -0.1) is 71.8 Å². The number of pyridine rings is 1. The van der Waals surface area contributed by atoms with E-state index in [1.165, 1.54) is 0 Å². The van der Waals surface area contributed by atoms with Crippen molar-refractivity contribution in [3.63, 3.8) is 0 Å². The van der Waals surface area contributed by atoms with Crippen molar-refractivity contribution in [3.8, 4) is 28.6 Å². The molecule has 0 radical (unpaired) electrons. The quantitative estimate of drug-likeness (QED) is 0.173. The van der Waals surface area contributed by atoms with Crippen molar-refractivity contribution in [3.05, 3.63) is 158 Å². The van der Waals surface area contributed by atoms with E-state index in [4.69, 9.17) is 6.42 Å². The van der Waals surface area contributed by atoms with Crippen molar-refractivity contribution in [2.24, 2.45) is 0 Å². The normalized spacial score (nSPS) is 9.38. The average Bonchev–Trinajstić information content (AvgIpc) is 3.71. The van der Waals surface area contributed by atoms with Crippen LogP contribution < -0.4 is 0 Å². The first-order chi connectivity index (χ1) is 17.8. The van der Waals surface area contributed by atoms with Crippen LogP contribution in [0.5, 0.6) is 0 Å². The van der Waals surface area contributed by atoms with E-state index in [9.17, 15) is 0 Å². The van der Waals surface area contributed by atoms with Crippen LogP contribution in [0.3, 0.4) is 0 Å². The van der Waals surface area contributed by atoms with Crippen LogP contribution in [0.15, 0.2) is 134 Å². The molecule has 6 heteroatoms. The fourth-order valence-corrected chi connectivity index (χ4v) is 3.13. The number of benzene rings is 3. The predicted octanol–water partition coefficient (Wildman–Crippen LogP) is 6.03. The molecule has 0 unspecified atom stereocenters. The summed E-state index contributed by atoms with van der Waals surface area (Å²) in [6, 6.07) is 39.1. The summed E-state index contributed by atoms with van der Waals surface area (Å²) in [5.74, 6) is 2.28. The summed E-state index contributed by atoms with van der Waals surface area (Å²) in [7, 11) is 0. The molecule has 0 amide bonds. The van der Waals surface area contributed by atoms with Crippen LogP contribution in [-0.2, 0) is 20.1 Å². The molecule has 3 heterocycles. The van der Waals surface area contributed by atoms with Gasteiger partial charge < -0.3 is 11.4 Å². The summed E-state index contributed by atoms with van der Waals surface area (Å²) in [4.78, 5) is 4.22. The fourth-order valence-electron chi connectivity index (χ4n) is 3.13. The Balaban J connectivity index is 0.000000161. The van der Waals surface area contributed by atoms with Crippen molar-refractivity contribution < 1.29 is 20.1 Å². The topological polar surface area (TPSA) is 48.5 Å². The van der Waals surface area contributed by atoms with E-state index in [2.05, 4.69) is 33.2 Å². The van der Waals surface area contributed by atoms with E-state index in [0.29, 0.717) is 0 Å². The number of nitrogens with zero attached hydrogens (tertiary/aromatic N) is 5. The van der Waals surface area contributed by atoms with E-state index in [1.54, 1.807) is 28.0 Å². The second-order valence-electron chi connectivity index (χ2n) is 7.30. The van der Waals surface area contributed by atoms with Crippen molar-refractivity contribution >= 4 is 0 Å². The van der Waals surface area contributed by atoms with Gasteiger partial charge in [0.05, 0.1) is 0 Å². The Morgan fingerprint density at radius 1 is 0.649 bits per heavy atom. The van der Waals surface area contributed by atoms with Crippen LogP contribution in [0.25, 0.3) is 22.6 Å². The molecule has 5 nitrogen and oxygen atoms in total. The minimum absolute atomic E-state index is 0. The van der Waals surface area contributed by atoms with Gasteiger partial charge in [-0.25, -0.2) is 0 Å². The molecule has 0 bridgehead atoms. The fraction of sp³-hybridized carbons (Fsp3) is 0. The Morgan fingerprint density at radius 3 is 1.78 bits per heavy atom. The smallest absolute Gasteiger partial charge is 0.366 e. The molecule has 0 fully saturated rings. The van der Waals surface area contributed by atoms with Gasteiger partial charge in [0.1, 0.15) is 0 Å². The maximum absolute atomic E-state index is 6.69. The molecular formula is C31H22IrN5. The van der Waals surface area contributed by atoms with Gasteiger partial charge in [0.2, 0.25) is 0 Å². The number of aromatic nitrogens is 5. The van der Waals surface area contributed by atoms with Gasteiger partial charge in [-0.1, -0.05) is 30.3 Å². The second-order valence-corrected chi connectivity index (χ2v) is 7.30. The zero-order valence-corrected chi connectivity index (χ0v) is 22.2. The first kappa shape index (κ1) is 27.0. The van der Waals surface area contributed by atoms with Crippen LogP contribution in [0, 0.1) is 24.5 Å². The zero-order chi connectivity index (χ0) is 24.8. The Bertz CT molecular complexity index is 1370. The van der Waals surface area contributed by atoms with Crippen LogP contribution in [-0.4, -0.2) is 24.5 Å². The van der Waals surface area contributed by atoms with Crippen molar-refractivity contribution in [2.45, 2.75) is 0 Å². The van der Waals surface area contributed by atoms with Gasteiger partial charge in [-0.3, -0.25) is 15.3 Å². The van der Waals surface area contributed by atoms with Gasteiger partial charge in [-0.05, 0) is 35.3 Å². The molecule has 37 heavy (non-hydrogen) atoms. The third kappa shape index (κ3) is 8.26. The Kier molecular flexibility index (Phi) is 10.8. The first-order valence-corrected chi connectivity index (χ1v) is 11.2. The first-order valence-electron chi connectivity index (χ1n) is 11.2. The number of hydrogen-bond acceptors (Lipinski definition) is 3. The predicted molar refractivity (Wildman–Crippen MR) is 141 cm³/mol. The second kappa shape index (κ2) is 14.8. The van der Waals surface area contributed by atoms with Gasteiger partial charge >= 0.3 is 20.1 Å². The molecule has 0 atom stereocenters. The van der Waals surface area contributed by atoms with Crippen LogP contribution in [0.2, 0.25) is 0 Å². The summed E-state index contributed by atoms with van der Waals surface area (Å²) in [5, 5.41) is 8.33. The van der Waals surface area contributed by atoms with Crippen molar-refractivity contribution in [1.82, 2.24) is 24.5 Å². The standard InChI is InChI=1S/C12H9N4.C11H8N.C8H5.Ir/c1-4-11(15-8-2-6-13-15)10-12(5-1)16-9-3-7-14-16;1-2-6-10(7-3-1)11-8-4-5-9-12-11;1-2-8-6-4-3-5-7-8;/h1-9H;1-6,8-9H;3-7H;/q3*-1;+3. The van der Waals surface area contributed by atoms with Gasteiger partial charge in [-0.2, -0.15) is 16.3 Å². The molecular weight excluding hydrogens is 635 g/mol. The van der Waals surface area contributed by atoms with Crippen LogP contribution >= 0.6 is 0 Å². The zero-order valence-electron chi connectivity index (χ0n) is 19.8. The molecule has 0 N–H and O–H groups in total. The summed E-state index contributed by atoms with van der Waals surface area (Å²) in [6.07, 6.45) is 15.7. The molecule has 0 saturated carbocycles. The number of rotatable bonds is 3. The minimum atomic E-state index is 0. The van der Waals surface area contributed by atoms with E-state index < -0.39 is 0 Å². The van der Waals surface area contributed by atoms with Crippen molar-refractivity contribution in [1.29, 1.82) is 0 Å². The largest absolute Gasteiger partial charge is 3.00 e. The maximum Gasteiger partial charge on any atom is 3.00 e. The molecule has 0 spiro atoms. The van der Waals surface area contributed by atoms with Gasteiger partial charge in [0.25, 0.3) is 0 Å². The Labute approximate surface area is 230 Å². The van der Waals surface area contributed by atoms with E-state index >= 15 is 0 Å². The van der Waals surface area contributed by atoms with E-state index in [-0.39, 0.29) is 20.1 Å². The average molecular weight is 657 g/mol. The van der Waals surface area contributed by atoms with Gasteiger partial charge in [0.15, 0.2) is 0 Å². The van der Waals surface area contributed by atoms with Crippen LogP contribution in [0.4, 0.5) is 0 Å². The summed E-state index contributed by atoms with van der Waals surface area (Å²) < 4.78 is 3.54. The molecule has 0 aliphatic carbocycles. The molecule has 6 aromatic rings. The van der Waals surface area contributed by atoms with Crippen LogP contribution in [0.1, 0.15) is 5.56 Å². The molecule has 180 valence electrons. The third-order valence-electron chi connectivity index (χ3n) is 4.83. The molecule has 3 aromatic carbocycles. The Morgan fingerprint density at radius 2 is 1.30 bits per heavy atom. The van der Waals surface area contributed by atoms with E-state index in [1.807, 2.05) is 116 Å². The molecule has 0 aliphatic rings. The van der Waals surface area contributed by atoms with Crippen molar-refractivity contribution in [2.75, 3.05) is 0 Å². The third-order valence-corrected chi connectivity index (χ3v) is 4.83. The van der Waals surface area contributed by atoms with Gasteiger partial charge in [0, 0.05) is 31.0 Å². The summed E-state index contributed by atoms with van der Waals surface area (Å²) in [5.41, 5.74) is 4.64. The number of hydrogen-bond donors (Lipinski definition) is 0. The molecule has 0 aliphatic heterocycles. The molecule has 0 saturated heterocycles. The maximum atomic E-state index is 6.69. The minimum Gasteiger partial charge on any atom is -0.366 e. The monoisotopic (exact) mass is 657 g/mol. The Hall–Kier alpha value is -4.56. The summed E-state index contributed by atoms with van der Waals surface area (Å²) >= 11 is 0. The van der Waals surface area contributed by atoms with E-state index in [0.717, 1.165) is 28.2 Å². The molecule has 3 aromatic heterocycles. The molecule has 6 rings (SSSR count). The summed E-state index contributed by atoms with van der Waals surface area (Å²) in [6.45, 7) is 0. The SMILES string of the molecule is [C-]#Cc1ccccc1.[Ir+3].[c-]1c(-n2cccn2)cccc1-n1cccn1.[c-]1ccccc1-c1ccccn1.